The maximum Gasteiger partial charge on any atom is 0.248 e. The molecule has 9 nitrogen and oxygen atoms in total. The highest BCUT2D eigenvalue weighted by Gasteiger charge is 2.56. The molecule has 1 aromatic rings. The summed E-state index contributed by atoms with van der Waals surface area (Å²) in [5.74, 6) is -0.197. The lowest BCUT2D eigenvalue weighted by atomic mass is 10.0. The van der Waals surface area contributed by atoms with E-state index in [1.807, 2.05) is 22.8 Å². The Labute approximate surface area is 186 Å². The maximum absolute atomic E-state index is 13.2. The molecule has 4 fully saturated rings. The van der Waals surface area contributed by atoms with Gasteiger partial charge < -0.3 is 21.3 Å². The molecule has 3 heterocycles. The number of nitrogens with zero attached hydrogens (tertiary/aromatic N) is 4. The molecule has 2 bridgehead atoms. The van der Waals surface area contributed by atoms with Gasteiger partial charge >= 0.3 is 0 Å². The molecule has 4 N–H and O–H groups in total. The Bertz CT molecular complexity index is 1020. The number of amides is 3. The smallest absolute Gasteiger partial charge is 0.248 e. The van der Waals surface area contributed by atoms with Crippen LogP contribution in [0, 0.1) is 17.2 Å². The summed E-state index contributed by atoms with van der Waals surface area (Å²) in [6.07, 6.45) is 2.42. The minimum atomic E-state index is -0.740. The van der Waals surface area contributed by atoms with Gasteiger partial charge in [-0.2, -0.15) is 5.26 Å². The second-order valence-corrected chi connectivity index (χ2v) is 9.57. The number of piperazine rings is 1. The molecule has 5 rings (SSSR count). The van der Waals surface area contributed by atoms with Crippen LogP contribution in [0.5, 0.6) is 0 Å². The molecule has 3 amide bonds. The Hall–Kier alpha value is -2.96. The standard InChI is InChI=1S/C23H28N6O3/c1-12(13-3-2-4-14(5-13)21(26)30)28-17-8-20(23(28)32)27(10-17)11-18(25)22(31)29-16(9-24)6-15-7-19(15)29/h2-5,12,15-20H,6-8,10-11,25H2,1H3,(H2,26,30)/t12-,15+,16-,17+,18-,19?,20+/m0/s1. The second-order valence-electron chi connectivity index (χ2n) is 9.57. The Morgan fingerprint density at radius 3 is 2.75 bits per heavy atom. The van der Waals surface area contributed by atoms with Gasteiger partial charge in [0.2, 0.25) is 17.7 Å². The van der Waals surface area contributed by atoms with E-state index in [1.165, 1.54) is 0 Å². The van der Waals surface area contributed by atoms with Crippen molar-refractivity contribution >= 4 is 17.7 Å². The SMILES string of the molecule is C[C@@H](c1cccc(C(N)=O)c1)N1C(=O)[C@H]2C[C@@H]1CN2C[C@H](N)C(=O)N1C2C[C@H]2C[C@H]1C#N. The van der Waals surface area contributed by atoms with Gasteiger partial charge in [0.15, 0.2) is 0 Å². The quantitative estimate of drug-likeness (QED) is 0.643. The highest BCUT2D eigenvalue weighted by molar-refractivity contribution is 5.93. The third-order valence-electron chi connectivity index (χ3n) is 7.64. The molecule has 32 heavy (non-hydrogen) atoms. The monoisotopic (exact) mass is 436 g/mol. The zero-order valence-corrected chi connectivity index (χ0v) is 18.1. The van der Waals surface area contributed by atoms with Crippen molar-refractivity contribution in [2.45, 2.75) is 62.4 Å². The molecule has 1 saturated carbocycles. The van der Waals surface area contributed by atoms with Crippen molar-refractivity contribution in [2.75, 3.05) is 13.1 Å². The number of benzene rings is 1. The van der Waals surface area contributed by atoms with E-state index in [1.54, 1.807) is 23.1 Å². The number of primary amides is 1. The van der Waals surface area contributed by atoms with Crippen molar-refractivity contribution in [3.8, 4) is 6.07 Å². The van der Waals surface area contributed by atoms with Crippen molar-refractivity contribution in [1.29, 1.82) is 5.26 Å². The Morgan fingerprint density at radius 2 is 2.06 bits per heavy atom. The summed E-state index contributed by atoms with van der Waals surface area (Å²) < 4.78 is 0. The van der Waals surface area contributed by atoms with Crippen molar-refractivity contribution in [3.05, 3.63) is 35.4 Å². The van der Waals surface area contributed by atoms with Crippen LogP contribution in [0.1, 0.15) is 48.1 Å². The van der Waals surface area contributed by atoms with Crippen LogP contribution in [0.4, 0.5) is 0 Å². The van der Waals surface area contributed by atoms with Gasteiger partial charge in [-0.05, 0) is 49.8 Å². The van der Waals surface area contributed by atoms with E-state index < -0.39 is 11.9 Å². The fourth-order valence-corrected chi connectivity index (χ4v) is 5.92. The van der Waals surface area contributed by atoms with Gasteiger partial charge in [-0.15, -0.1) is 0 Å². The number of nitriles is 1. The summed E-state index contributed by atoms with van der Waals surface area (Å²) in [5, 5.41) is 9.36. The molecule has 3 saturated heterocycles. The molecular weight excluding hydrogens is 408 g/mol. The minimum absolute atomic E-state index is 0.0243. The van der Waals surface area contributed by atoms with E-state index >= 15 is 0 Å². The number of likely N-dealkylation sites (tertiary alicyclic amines) is 3. The molecule has 7 atom stereocenters. The van der Waals surface area contributed by atoms with E-state index in [2.05, 4.69) is 6.07 Å². The molecule has 1 unspecified atom stereocenters. The third kappa shape index (κ3) is 3.26. The van der Waals surface area contributed by atoms with Crippen LogP contribution in [-0.4, -0.2) is 75.7 Å². The first kappa shape index (κ1) is 20.9. The van der Waals surface area contributed by atoms with Gasteiger partial charge in [0.1, 0.15) is 6.04 Å². The van der Waals surface area contributed by atoms with Gasteiger partial charge in [-0.3, -0.25) is 19.3 Å². The third-order valence-corrected chi connectivity index (χ3v) is 7.64. The first-order valence-electron chi connectivity index (χ1n) is 11.2. The number of nitrogens with two attached hydrogens (primary N) is 2. The molecule has 4 aliphatic rings. The molecule has 0 radical (unpaired) electrons. The minimum Gasteiger partial charge on any atom is -0.366 e. The number of rotatable bonds is 6. The van der Waals surface area contributed by atoms with Crippen molar-refractivity contribution in [3.63, 3.8) is 0 Å². The average Bonchev–Trinajstić information content (AvgIpc) is 3.11. The zero-order valence-electron chi connectivity index (χ0n) is 18.1. The Balaban J connectivity index is 1.24. The van der Waals surface area contributed by atoms with E-state index in [0.717, 1.165) is 18.4 Å². The van der Waals surface area contributed by atoms with E-state index in [0.29, 0.717) is 31.0 Å². The Morgan fingerprint density at radius 1 is 1.28 bits per heavy atom. The number of hydrogen-bond donors (Lipinski definition) is 2. The molecule has 168 valence electrons. The zero-order chi connectivity index (χ0) is 22.7. The highest BCUT2D eigenvalue weighted by Crippen LogP contribution is 2.48. The summed E-state index contributed by atoms with van der Waals surface area (Å²) in [6, 6.07) is 7.93. The van der Waals surface area contributed by atoms with Gasteiger partial charge in [-0.25, -0.2) is 0 Å². The van der Waals surface area contributed by atoms with Gasteiger partial charge in [-0.1, -0.05) is 12.1 Å². The summed E-state index contributed by atoms with van der Waals surface area (Å²) >= 11 is 0. The molecule has 9 heteroatoms. The lowest BCUT2D eigenvalue weighted by Gasteiger charge is -2.38. The fraction of sp³-hybridized carbons (Fsp3) is 0.565. The van der Waals surface area contributed by atoms with Crippen LogP contribution in [0.2, 0.25) is 0 Å². The molecule has 1 aliphatic carbocycles. The summed E-state index contributed by atoms with van der Waals surface area (Å²) in [5.41, 5.74) is 13.0. The largest absolute Gasteiger partial charge is 0.366 e. The lowest BCUT2D eigenvalue weighted by molar-refractivity contribution is -0.141. The van der Waals surface area contributed by atoms with Crippen molar-refractivity contribution < 1.29 is 14.4 Å². The number of carbonyl (C=O) groups excluding carboxylic acids is 3. The first-order valence-corrected chi connectivity index (χ1v) is 11.2. The predicted molar refractivity (Wildman–Crippen MR) is 115 cm³/mol. The number of piperidine rings is 1. The van der Waals surface area contributed by atoms with E-state index in [-0.39, 0.29) is 42.0 Å². The summed E-state index contributed by atoms with van der Waals surface area (Å²) in [6.45, 7) is 2.93. The normalized spacial score (nSPS) is 32.5. The molecule has 0 spiro atoms. The topological polar surface area (TPSA) is 137 Å². The van der Waals surface area contributed by atoms with Gasteiger partial charge in [0, 0.05) is 30.7 Å². The van der Waals surface area contributed by atoms with Crippen LogP contribution in [0.15, 0.2) is 24.3 Å². The Kier molecular flexibility index (Phi) is 4.95. The molecule has 3 aliphatic heterocycles. The van der Waals surface area contributed by atoms with E-state index in [9.17, 15) is 19.6 Å². The van der Waals surface area contributed by atoms with Gasteiger partial charge in [0.25, 0.3) is 0 Å². The first-order chi connectivity index (χ1) is 15.3. The van der Waals surface area contributed by atoms with Crippen LogP contribution < -0.4 is 11.5 Å². The van der Waals surface area contributed by atoms with Crippen molar-refractivity contribution in [1.82, 2.24) is 14.7 Å². The fourth-order valence-electron chi connectivity index (χ4n) is 5.92. The van der Waals surface area contributed by atoms with Crippen LogP contribution in [0.3, 0.4) is 0 Å². The van der Waals surface area contributed by atoms with Crippen LogP contribution >= 0.6 is 0 Å². The molecule has 0 aromatic heterocycles. The average molecular weight is 437 g/mol. The number of hydrogen-bond acceptors (Lipinski definition) is 6. The van der Waals surface area contributed by atoms with Crippen LogP contribution in [0.25, 0.3) is 0 Å². The van der Waals surface area contributed by atoms with Crippen molar-refractivity contribution in [2.24, 2.45) is 17.4 Å². The second kappa shape index (κ2) is 7.57. The van der Waals surface area contributed by atoms with Gasteiger partial charge in [0.05, 0.1) is 24.2 Å². The number of carbonyl (C=O) groups is 3. The summed E-state index contributed by atoms with van der Waals surface area (Å²) in [7, 11) is 0. The summed E-state index contributed by atoms with van der Waals surface area (Å²) in [4.78, 5) is 43.3. The highest BCUT2D eigenvalue weighted by atomic mass is 16.2. The predicted octanol–water partition coefficient (Wildman–Crippen LogP) is -0.0281. The molecular formula is C23H28N6O3. The molecule has 1 aromatic carbocycles. The van der Waals surface area contributed by atoms with E-state index in [4.69, 9.17) is 11.5 Å². The maximum atomic E-state index is 13.2. The number of fused-ring (bicyclic) bond motifs is 3. The van der Waals surface area contributed by atoms with Crippen LogP contribution in [-0.2, 0) is 9.59 Å². The lowest BCUT2D eigenvalue weighted by Crippen LogP contribution is -2.57.